The third kappa shape index (κ3) is 10.1. The summed E-state index contributed by atoms with van der Waals surface area (Å²) < 4.78 is 121. The van der Waals surface area contributed by atoms with Crippen LogP contribution in [0.1, 0.15) is 64.9 Å². The molecule has 2 aliphatic carbocycles. The Morgan fingerprint density at radius 3 is 2.46 bits per heavy atom. The standard InChI is InChI=1S/C41H43ClF6N6O7S2/c1-39(2,3)34(51-38-50-30(19-62-38)20-5-10-29(43)28(11-20)41(46,47)48)36(56)54-18-24(61-35-27-13-22(42)6-9-26(27)31(60-4)17-49-35)14-23(54)15-33(55)52-40(16-21(40)12-32(44)45)37(57)53-63(58,59)25-7-8-25/h5-6,9-11,13,17,19,21,23-25,32,34H,7-8,12,14-16,18H2,1-4H3,(H,50,51)(H,52,55)(H,53,57)/t21-,23+,24-,34-,40-/m1/s1. The fourth-order valence-electron chi connectivity index (χ4n) is 7.83. The summed E-state index contributed by atoms with van der Waals surface area (Å²) in [5.74, 6) is -4.38. The van der Waals surface area contributed by atoms with Crippen LogP contribution in [-0.4, -0.2) is 90.1 Å². The largest absolute Gasteiger partial charge is 0.494 e. The van der Waals surface area contributed by atoms with Crippen molar-refractivity contribution in [2.45, 2.75) is 101 Å². The number of hydrogen-bond donors (Lipinski definition) is 3. The molecule has 1 aliphatic heterocycles. The van der Waals surface area contributed by atoms with Crippen molar-refractivity contribution in [3.63, 3.8) is 0 Å². The van der Waals surface area contributed by atoms with E-state index < -0.39 is 105 Å². The number of nitrogens with zero attached hydrogens (tertiary/aromatic N) is 3. The van der Waals surface area contributed by atoms with Gasteiger partial charge in [0.1, 0.15) is 29.3 Å². The summed E-state index contributed by atoms with van der Waals surface area (Å²) in [4.78, 5) is 52.5. The number of alkyl halides is 5. The number of thiazole rings is 1. The topological polar surface area (TPSA) is 169 Å². The van der Waals surface area contributed by atoms with E-state index in [1.807, 2.05) is 4.72 Å². The maximum absolute atomic E-state index is 14.8. The molecular weight excluding hydrogens is 902 g/mol. The first-order chi connectivity index (χ1) is 29.5. The molecule has 0 spiro atoms. The number of aromatic nitrogens is 2. The molecule has 3 fully saturated rings. The Morgan fingerprint density at radius 2 is 1.81 bits per heavy atom. The van der Waals surface area contributed by atoms with Gasteiger partial charge >= 0.3 is 6.18 Å². The van der Waals surface area contributed by atoms with Crippen LogP contribution in [0.25, 0.3) is 22.0 Å². The molecule has 340 valence electrons. The first-order valence-corrected chi connectivity index (χ1v) is 22.6. The number of benzene rings is 2. The predicted octanol–water partition coefficient (Wildman–Crippen LogP) is 7.58. The van der Waals surface area contributed by atoms with Gasteiger partial charge in [0.15, 0.2) is 5.13 Å². The quantitative estimate of drug-likeness (QED) is 0.101. The predicted molar refractivity (Wildman–Crippen MR) is 222 cm³/mol. The molecule has 0 radical (unpaired) electrons. The van der Waals surface area contributed by atoms with Crippen LogP contribution >= 0.6 is 22.9 Å². The molecule has 5 atom stereocenters. The third-order valence-electron chi connectivity index (χ3n) is 11.3. The van der Waals surface area contributed by atoms with Crippen LogP contribution in [0.5, 0.6) is 11.6 Å². The average molecular weight is 945 g/mol. The van der Waals surface area contributed by atoms with E-state index in [0.29, 0.717) is 46.5 Å². The number of nitrogens with one attached hydrogen (secondary N) is 3. The van der Waals surface area contributed by atoms with E-state index in [2.05, 4.69) is 20.6 Å². The number of pyridine rings is 1. The highest BCUT2D eigenvalue weighted by Crippen LogP contribution is 2.48. The zero-order valence-corrected chi connectivity index (χ0v) is 36.6. The van der Waals surface area contributed by atoms with E-state index >= 15 is 0 Å². The van der Waals surface area contributed by atoms with Crippen molar-refractivity contribution in [2.75, 3.05) is 19.0 Å². The van der Waals surface area contributed by atoms with Crippen molar-refractivity contribution >= 4 is 66.6 Å². The lowest BCUT2D eigenvalue weighted by atomic mass is 9.85. The number of rotatable bonds is 15. The van der Waals surface area contributed by atoms with Gasteiger partial charge in [-0.15, -0.1) is 11.3 Å². The molecule has 7 rings (SSSR count). The molecule has 22 heteroatoms. The Balaban J connectivity index is 1.17. The number of anilines is 1. The number of carbonyl (C=O) groups is 3. The highest BCUT2D eigenvalue weighted by Gasteiger charge is 2.63. The Morgan fingerprint density at radius 1 is 1.08 bits per heavy atom. The minimum absolute atomic E-state index is 0.0127. The molecule has 3 aliphatic rings. The van der Waals surface area contributed by atoms with Crippen LogP contribution < -0.4 is 24.8 Å². The lowest BCUT2D eigenvalue weighted by Crippen LogP contribution is -2.54. The summed E-state index contributed by atoms with van der Waals surface area (Å²) in [5, 5.41) is 7.94. The summed E-state index contributed by atoms with van der Waals surface area (Å²) in [6, 6.07) is 5.48. The molecule has 0 bridgehead atoms. The fourth-order valence-corrected chi connectivity index (χ4v) is 10.1. The lowest BCUT2D eigenvalue weighted by molar-refractivity contribution is -0.140. The number of carbonyl (C=O) groups excluding carboxylic acids is 3. The summed E-state index contributed by atoms with van der Waals surface area (Å²) in [6.45, 7) is 5.16. The second kappa shape index (κ2) is 17.2. The average Bonchev–Trinajstić information content (AvgIpc) is 4.07. The normalized spacial score (nSPS) is 21.9. The first-order valence-electron chi connectivity index (χ1n) is 19.8. The molecule has 2 aromatic heterocycles. The Hall–Kier alpha value is -4.89. The van der Waals surface area contributed by atoms with Crippen molar-refractivity contribution in [1.29, 1.82) is 0 Å². The first kappa shape index (κ1) is 46.1. The smallest absolute Gasteiger partial charge is 0.419 e. The minimum Gasteiger partial charge on any atom is -0.494 e. The van der Waals surface area contributed by atoms with Crippen LogP contribution in [0, 0.1) is 17.2 Å². The molecule has 4 aromatic rings. The SMILES string of the molecule is COc1cnc(O[C@@H]2C[C@@H](CC(=O)N[C@]3(C(=O)NS(=O)(=O)C4CC4)C[C@H]3CC(F)F)N(C(=O)[C@@H](Nc3nc(-c4ccc(F)c(C(F)(F)F)c4)cs3)C(C)(C)C)C2)c2cc(Cl)ccc12. The molecule has 3 amide bonds. The van der Waals surface area contributed by atoms with Crippen molar-refractivity contribution in [3.05, 3.63) is 64.4 Å². The monoisotopic (exact) mass is 944 g/mol. The number of ether oxygens (including phenoxy) is 2. The van der Waals surface area contributed by atoms with E-state index in [9.17, 15) is 49.1 Å². The maximum Gasteiger partial charge on any atom is 0.419 e. The molecule has 3 heterocycles. The van der Waals surface area contributed by atoms with E-state index in [0.717, 1.165) is 17.4 Å². The molecular formula is C41H43ClF6N6O7S2. The summed E-state index contributed by atoms with van der Waals surface area (Å²) in [7, 11) is -2.62. The van der Waals surface area contributed by atoms with Gasteiger partial charge in [0, 0.05) is 52.0 Å². The van der Waals surface area contributed by atoms with Gasteiger partial charge in [0.25, 0.3) is 5.91 Å². The van der Waals surface area contributed by atoms with Crippen molar-refractivity contribution in [2.24, 2.45) is 11.3 Å². The second-order valence-electron chi connectivity index (χ2n) is 17.0. The summed E-state index contributed by atoms with van der Waals surface area (Å²) >= 11 is 7.33. The number of fused-ring (bicyclic) bond motifs is 1. The highest BCUT2D eigenvalue weighted by molar-refractivity contribution is 7.91. The van der Waals surface area contributed by atoms with E-state index in [-0.39, 0.29) is 41.7 Å². The molecule has 3 N–H and O–H groups in total. The summed E-state index contributed by atoms with van der Waals surface area (Å²) in [6.07, 6.45) is -7.89. The Labute approximate surface area is 367 Å². The van der Waals surface area contributed by atoms with Gasteiger partial charge in [-0.1, -0.05) is 32.4 Å². The van der Waals surface area contributed by atoms with Crippen molar-refractivity contribution in [3.8, 4) is 22.9 Å². The van der Waals surface area contributed by atoms with Gasteiger partial charge in [0.2, 0.25) is 34.1 Å². The minimum atomic E-state index is -4.95. The molecule has 0 unspecified atom stereocenters. The van der Waals surface area contributed by atoms with E-state index in [1.165, 1.54) is 23.6 Å². The van der Waals surface area contributed by atoms with Crippen LogP contribution in [-0.2, 0) is 30.6 Å². The van der Waals surface area contributed by atoms with Gasteiger partial charge in [-0.2, -0.15) is 13.2 Å². The van der Waals surface area contributed by atoms with E-state index in [4.69, 9.17) is 21.1 Å². The Kier molecular flexibility index (Phi) is 12.6. The number of methoxy groups -OCH3 is 1. The van der Waals surface area contributed by atoms with Crippen molar-refractivity contribution < 1.29 is 58.6 Å². The number of sulfonamides is 1. The van der Waals surface area contributed by atoms with Crippen LogP contribution in [0.4, 0.5) is 31.5 Å². The second-order valence-corrected chi connectivity index (χ2v) is 20.3. The maximum atomic E-state index is 14.8. The highest BCUT2D eigenvalue weighted by atomic mass is 35.5. The summed E-state index contributed by atoms with van der Waals surface area (Å²) in [5.41, 5.74) is -4.18. The van der Waals surface area contributed by atoms with E-state index in [1.54, 1.807) is 39.0 Å². The number of likely N-dealkylation sites (tertiary alicyclic amines) is 1. The molecule has 63 heavy (non-hydrogen) atoms. The molecule has 2 aromatic carbocycles. The van der Waals surface area contributed by atoms with Gasteiger partial charge in [-0.3, -0.25) is 19.1 Å². The van der Waals surface area contributed by atoms with Gasteiger partial charge in [-0.05, 0) is 67.0 Å². The van der Waals surface area contributed by atoms with Crippen LogP contribution in [0.3, 0.4) is 0 Å². The molecule has 2 saturated carbocycles. The Bertz CT molecular complexity index is 2540. The fraction of sp³-hybridized carbons (Fsp3) is 0.488. The number of hydrogen-bond acceptors (Lipinski definition) is 11. The van der Waals surface area contributed by atoms with Gasteiger partial charge < -0.3 is 25.0 Å². The number of halogens is 7. The van der Waals surface area contributed by atoms with Gasteiger partial charge in [0.05, 0.1) is 36.4 Å². The van der Waals surface area contributed by atoms with Crippen molar-refractivity contribution in [1.82, 2.24) is 24.9 Å². The lowest BCUT2D eigenvalue weighted by Gasteiger charge is -2.35. The molecule has 1 saturated heterocycles. The van der Waals surface area contributed by atoms with Crippen LogP contribution in [0.2, 0.25) is 5.02 Å². The van der Waals surface area contributed by atoms with Gasteiger partial charge in [-0.25, -0.2) is 31.6 Å². The molecule has 13 nitrogen and oxygen atoms in total. The number of amides is 3. The van der Waals surface area contributed by atoms with Crippen LogP contribution in [0.15, 0.2) is 48.0 Å². The zero-order valence-electron chi connectivity index (χ0n) is 34.2. The zero-order chi connectivity index (χ0) is 45.8. The third-order valence-corrected chi connectivity index (χ3v) is 14.2.